The molecule has 1 heteroatoms. The van der Waals surface area contributed by atoms with Crippen molar-refractivity contribution in [3.05, 3.63) is 80.1 Å². The Balaban J connectivity index is 2.21. The van der Waals surface area contributed by atoms with E-state index in [1.165, 1.54) is 27.8 Å². The van der Waals surface area contributed by atoms with Crippen molar-refractivity contribution in [2.45, 2.75) is 119 Å². The summed E-state index contributed by atoms with van der Waals surface area (Å²) in [4.78, 5) is 0. The van der Waals surface area contributed by atoms with Gasteiger partial charge in [-0.15, -0.1) is 0 Å². The van der Waals surface area contributed by atoms with Gasteiger partial charge in [-0.3, -0.25) is 0 Å². The van der Waals surface area contributed by atoms with Crippen LogP contribution in [0, 0.1) is 5.92 Å². The zero-order chi connectivity index (χ0) is 28.5. The van der Waals surface area contributed by atoms with E-state index in [1.807, 2.05) is 0 Å². The minimum atomic E-state index is -2.06. The van der Waals surface area contributed by atoms with Crippen molar-refractivity contribution in [3.63, 3.8) is 0 Å². The van der Waals surface area contributed by atoms with Crippen LogP contribution in [-0.4, -0.2) is 8.07 Å². The summed E-state index contributed by atoms with van der Waals surface area (Å²) in [5, 5.41) is 3.45. The Morgan fingerprint density at radius 3 is 2.00 bits per heavy atom. The summed E-state index contributed by atoms with van der Waals surface area (Å²) >= 11 is 0. The van der Waals surface area contributed by atoms with Crippen molar-refractivity contribution in [3.8, 4) is 11.1 Å². The van der Waals surface area contributed by atoms with Crippen molar-refractivity contribution in [1.29, 1.82) is 0 Å². The van der Waals surface area contributed by atoms with Crippen molar-refractivity contribution in [1.82, 2.24) is 0 Å². The highest BCUT2D eigenvalue weighted by molar-refractivity contribution is 6.96. The summed E-state index contributed by atoms with van der Waals surface area (Å²) in [6.45, 7) is 34.4. The van der Waals surface area contributed by atoms with Crippen LogP contribution in [0.3, 0.4) is 0 Å². The van der Waals surface area contributed by atoms with Crippen LogP contribution in [0.15, 0.2) is 52.3 Å². The second-order valence-corrected chi connectivity index (χ2v) is 19.3. The topological polar surface area (TPSA) is 0 Å². The fourth-order valence-corrected chi connectivity index (χ4v) is 12.5. The Morgan fingerprint density at radius 1 is 0.868 bits per heavy atom. The van der Waals surface area contributed by atoms with Crippen LogP contribution >= 0.6 is 0 Å². The quantitative estimate of drug-likeness (QED) is 0.349. The van der Waals surface area contributed by atoms with Crippen molar-refractivity contribution in [2.24, 2.45) is 5.92 Å². The first-order chi connectivity index (χ1) is 17.4. The van der Waals surface area contributed by atoms with Gasteiger partial charge in [0.2, 0.25) is 0 Å². The van der Waals surface area contributed by atoms with Gasteiger partial charge in [0.1, 0.15) is 8.07 Å². The lowest BCUT2D eigenvalue weighted by atomic mass is 9.73. The average Bonchev–Trinajstić information content (AvgIpc) is 3.35. The Bertz CT molecular complexity index is 1370. The highest BCUT2D eigenvalue weighted by atomic mass is 28.3. The Morgan fingerprint density at radius 2 is 1.50 bits per heavy atom. The molecule has 0 heterocycles. The van der Waals surface area contributed by atoms with Crippen LogP contribution in [0.4, 0.5) is 0 Å². The van der Waals surface area contributed by atoms with E-state index >= 15 is 0 Å². The largest absolute Gasteiger partial charge is 0.109 e. The van der Waals surface area contributed by atoms with Crippen LogP contribution < -0.4 is 5.19 Å². The van der Waals surface area contributed by atoms with Gasteiger partial charge in [-0.1, -0.05) is 128 Å². The smallest absolute Gasteiger partial charge is 0.0795 e. The van der Waals surface area contributed by atoms with Crippen molar-refractivity contribution < 1.29 is 0 Å². The first kappa shape index (κ1) is 28.9. The van der Waals surface area contributed by atoms with E-state index in [1.54, 1.807) is 38.2 Å². The molecule has 0 aliphatic heterocycles. The molecule has 0 radical (unpaired) electrons. The molecule has 0 N–H and O–H groups in total. The molecule has 0 amide bonds. The summed E-state index contributed by atoms with van der Waals surface area (Å²) in [5.74, 6) is 0.970. The molecule has 2 aromatic rings. The zero-order valence-corrected chi connectivity index (χ0v) is 27.8. The van der Waals surface area contributed by atoms with Crippen molar-refractivity contribution in [2.75, 3.05) is 0 Å². The summed E-state index contributed by atoms with van der Waals surface area (Å²) < 4.78 is 0. The Hall–Kier alpha value is -2.12. The number of fused-ring (bicyclic) bond motifs is 1. The minimum absolute atomic E-state index is 0.0385. The molecule has 0 fully saturated rings. The van der Waals surface area contributed by atoms with E-state index in [4.69, 9.17) is 0 Å². The van der Waals surface area contributed by atoms with E-state index in [0.29, 0.717) is 11.8 Å². The Labute approximate surface area is 235 Å². The summed E-state index contributed by atoms with van der Waals surface area (Å²) in [7, 11) is -2.06. The van der Waals surface area contributed by atoms with E-state index in [2.05, 4.69) is 133 Å². The molecule has 0 nitrogen and oxygen atoms in total. The Kier molecular flexibility index (Phi) is 7.23. The SMILES string of the molecule is CC1=C(C)C(C)C([Si](C)(C)c2c(C(C)(C)C)cc(-c3cccc4c3C=CC4)c(C(C)C)c2C(C)(C)C)=C1C. The van der Waals surface area contributed by atoms with Crippen LogP contribution in [0.25, 0.3) is 17.2 Å². The first-order valence-corrected chi connectivity index (χ1v) is 17.8. The van der Waals surface area contributed by atoms with Gasteiger partial charge in [0.15, 0.2) is 0 Å². The standard InChI is InChI=1S/C37H52Si/c1-22(2)32-30(29-20-16-18-27-17-15-19-28(27)29)21-31(36(7,8)9)35(33(32)37(10,11)12)38(13,14)34-25(5)23(3)24(4)26(34)6/h15-16,18-22,25H,17H2,1-14H3. The van der Waals surface area contributed by atoms with Gasteiger partial charge in [0.05, 0.1) is 0 Å². The molecule has 0 spiro atoms. The van der Waals surface area contributed by atoms with Gasteiger partial charge in [-0.2, -0.15) is 0 Å². The number of allylic oxidation sites excluding steroid dienone is 5. The maximum absolute atomic E-state index is 2.65. The van der Waals surface area contributed by atoms with Crippen LogP contribution in [0.2, 0.25) is 13.1 Å². The van der Waals surface area contributed by atoms with Gasteiger partial charge in [0.25, 0.3) is 0 Å². The van der Waals surface area contributed by atoms with E-state index < -0.39 is 8.07 Å². The highest BCUT2D eigenvalue weighted by Gasteiger charge is 2.44. The number of hydrogen-bond donors (Lipinski definition) is 0. The molecule has 204 valence electrons. The molecule has 2 aromatic carbocycles. The maximum Gasteiger partial charge on any atom is 0.109 e. The fourth-order valence-electron chi connectivity index (χ4n) is 7.58. The zero-order valence-electron chi connectivity index (χ0n) is 26.8. The molecule has 1 atom stereocenters. The number of benzene rings is 2. The summed E-state index contributed by atoms with van der Waals surface area (Å²) in [6.07, 6.45) is 5.74. The first-order valence-electron chi connectivity index (χ1n) is 14.8. The highest BCUT2D eigenvalue weighted by Crippen LogP contribution is 2.47. The molecule has 38 heavy (non-hydrogen) atoms. The van der Waals surface area contributed by atoms with Gasteiger partial charge >= 0.3 is 0 Å². The monoisotopic (exact) mass is 524 g/mol. The molecule has 0 aromatic heterocycles. The normalized spacial score (nSPS) is 18.3. The minimum Gasteiger partial charge on any atom is -0.0795 e. The molecule has 4 rings (SSSR count). The molecule has 2 aliphatic rings. The second-order valence-electron chi connectivity index (χ2n) is 15.0. The van der Waals surface area contributed by atoms with Gasteiger partial charge in [-0.25, -0.2) is 0 Å². The molecule has 0 saturated carbocycles. The third kappa shape index (κ3) is 4.53. The second kappa shape index (κ2) is 9.51. The third-order valence-corrected chi connectivity index (χ3v) is 13.5. The molecular weight excluding hydrogens is 472 g/mol. The lowest BCUT2D eigenvalue weighted by Crippen LogP contribution is -2.53. The maximum atomic E-state index is 2.65. The van der Waals surface area contributed by atoms with Crippen molar-refractivity contribution >= 4 is 19.3 Å². The average molecular weight is 525 g/mol. The molecular formula is C37H52Si. The van der Waals surface area contributed by atoms with Crippen LogP contribution in [0.1, 0.15) is 117 Å². The molecule has 1 unspecified atom stereocenters. The van der Waals surface area contributed by atoms with E-state index in [0.717, 1.165) is 6.42 Å². The van der Waals surface area contributed by atoms with E-state index in [9.17, 15) is 0 Å². The number of rotatable bonds is 4. The lowest BCUT2D eigenvalue weighted by Gasteiger charge is -2.42. The predicted octanol–water partition coefficient (Wildman–Crippen LogP) is 10.4. The molecule has 0 bridgehead atoms. The summed E-state index contributed by atoms with van der Waals surface area (Å²) in [5.41, 5.74) is 15.3. The fraction of sp³-hybridized carbons (Fsp3) is 0.514. The van der Waals surface area contributed by atoms with Gasteiger partial charge < -0.3 is 0 Å². The molecule has 0 saturated heterocycles. The number of hydrogen-bond acceptors (Lipinski definition) is 0. The van der Waals surface area contributed by atoms with Gasteiger partial charge in [-0.05, 0) is 99.6 Å². The van der Waals surface area contributed by atoms with Crippen LogP contribution in [-0.2, 0) is 17.3 Å². The molecule has 2 aliphatic carbocycles. The lowest BCUT2D eigenvalue weighted by molar-refractivity contribution is 0.566. The predicted molar refractivity (Wildman–Crippen MR) is 173 cm³/mol. The summed E-state index contributed by atoms with van der Waals surface area (Å²) in [6, 6.07) is 9.59. The third-order valence-electron chi connectivity index (χ3n) is 9.55. The van der Waals surface area contributed by atoms with Crippen LogP contribution in [0.5, 0.6) is 0 Å². The van der Waals surface area contributed by atoms with Gasteiger partial charge in [0, 0.05) is 0 Å². The van der Waals surface area contributed by atoms with E-state index in [-0.39, 0.29) is 10.8 Å².